The van der Waals surface area contributed by atoms with Crippen LogP contribution in [0.5, 0.6) is 0 Å². The van der Waals surface area contributed by atoms with E-state index in [2.05, 4.69) is 90.4 Å². The number of nitrogens with zero attached hydrogens (tertiary/aromatic N) is 2. The summed E-state index contributed by atoms with van der Waals surface area (Å²) in [5.41, 5.74) is 2.68. The molecule has 2 heterocycles. The van der Waals surface area contributed by atoms with Crippen molar-refractivity contribution in [1.29, 1.82) is 0 Å². The number of benzene rings is 2. The van der Waals surface area contributed by atoms with E-state index in [1.807, 2.05) is 23.5 Å². The van der Waals surface area contributed by atoms with Crippen molar-refractivity contribution in [3.63, 3.8) is 0 Å². The van der Waals surface area contributed by atoms with E-state index in [1.54, 1.807) is 0 Å². The SMILES string of the molecule is CCN1C(=CC=CC2Sc3ccccc3N2CC)Sc2ccccc21. The Balaban J connectivity index is 1.53. The van der Waals surface area contributed by atoms with Gasteiger partial charge in [0.25, 0.3) is 0 Å². The summed E-state index contributed by atoms with van der Waals surface area (Å²) in [6.45, 7) is 6.46. The molecule has 0 aliphatic carbocycles. The minimum Gasteiger partial charge on any atom is -0.355 e. The molecule has 4 heteroatoms. The van der Waals surface area contributed by atoms with Crippen molar-refractivity contribution in [2.75, 3.05) is 22.9 Å². The van der Waals surface area contributed by atoms with Crippen LogP contribution in [-0.2, 0) is 0 Å². The minimum absolute atomic E-state index is 0.378. The number of hydrogen-bond acceptors (Lipinski definition) is 4. The van der Waals surface area contributed by atoms with E-state index in [1.165, 1.54) is 26.2 Å². The summed E-state index contributed by atoms with van der Waals surface area (Å²) in [6, 6.07) is 17.3. The Morgan fingerprint density at radius 3 is 2.40 bits per heavy atom. The third kappa shape index (κ3) is 3.09. The molecule has 2 aliphatic rings. The number of para-hydroxylation sites is 2. The second-order valence-electron chi connectivity index (χ2n) is 5.97. The van der Waals surface area contributed by atoms with Crippen LogP contribution in [0, 0.1) is 0 Å². The second-order valence-corrected chi connectivity index (χ2v) is 8.19. The average Bonchev–Trinajstić information content (AvgIpc) is 3.18. The Morgan fingerprint density at radius 2 is 1.64 bits per heavy atom. The molecule has 25 heavy (non-hydrogen) atoms. The Morgan fingerprint density at radius 1 is 0.920 bits per heavy atom. The first kappa shape index (κ1) is 16.7. The van der Waals surface area contributed by atoms with Gasteiger partial charge in [-0.05, 0) is 44.2 Å². The second kappa shape index (κ2) is 7.22. The lowest BCUT2D eigenvalue weighted by molar-refractivity contribution is 0.878. The van der Waals surface area contributed by atoms with Gasteiger partial charge in [-0.15, -0.1) is 0 Å². The highest BCUT2D eigenvalue weighted by molar-refractivity contribution is 8.03. The summed E-state index contributed by atoms with van der Waals surface area (Å²) in [6.07, 6.45) is 6.80. The Hall–Kier alpha value is -1.78. The number of rotatable bonds is 4. The van der Waals surface area contributed by atoms with E-state index >= 15 is 0 Å². The summed E-state index contributed by atoms with van der Waals surface area (Å²) in [4.78, 5) is 7.58. The zero-order chi connectivity index (χ0) is 17.2. The molecule has 0 amide bonds. The lowest BCUT2D eigenvalue weighted by Crippen LogP contribution is -2.27. The van der Waals surface area contributed by atoms with Crippen LogP contribution in [0.4, 0.5) is 11.4 Å². The van der Waals surface area contributed by atoms with Crippen molar-refractivity contribution in [1.82, 2.24) is 0 Å². The molecule has 0 radical (unpaired) electrons. The summed E-state index contributed by atoms with van der Waals surface area (Å²) in [5.74, 6) is 0. The van der Waals surface area contributed by atoms with E-state index in [0.29, 0.717) is 5.37 Å². The van der Waals surface area contributed by atoms with Crippen LogP contribution in [0.2, 0.25) is 0 Å². The number of allylic oxidation sites excluding steroid dienone is 2. The van der Waals surface area contributed by atoms with Gasteiger partial charge in [-0.2, -0.15) is 0 Å². The maximum Gasteiger partial charge on any atom is 0.0985 e. The number of likely N-dealkylation sites (N-methyl/N-ethyl adjacent to an activating group) is 1. The van der Waals surface area contributed by atoms with Crippen molar-refractivity contribution in [2.45, 2.75) is 29.0 Å². The Labute approximate surface area is 158 Å². The van der Waals surface area contributed by atoms with Crippen molar-refractivity contribution in [3.05, 3.63) is 71.8 Å². The molecule has 0 saturated heterocycles. The van der Waals surface area contributed by atoms with E-state index in [-0.39, 0.29) is 0 Å². The highest BCUT2D eigenvalue weighted by atomic mass is 32.2. The summed E-state index contributed by atoms with van der Waals surface area (Å²) in [5, 5.41) is 1.69. The maximum atomic E-state index is 2.46. The minimum atomic E-state index is 0.378. The standard InChI is InChI=1S/C21H22N2S2/c1-3-22-16-10-5-7-12-18(16)24-20(22)14-9-15-21-23(4-2)17-11-6-8-13-19(17)25-21/h5-15,20H,3-4H2,1-2H3. The average molecular weight is 367 g/mol. The molecule has 0 N–H and O–H groups in total. The van der Waals surface area contributed by atoms with Crippen LogP contribution in [-0.4, -0.2) is 18.5 Å². The number of thioether (sulfide) groups is 2. The first-order valence-corrected chi connectivity index (χ1v) is 10.5. The molecule has 0 spiro atoms. The smallest absolute Gasteiger partial charge is 0.0985 e. The molecule has 2 aromatic rings. The molecule has 2 aromatic carbocycles. The number of fused-ring (bicyclic) bond motifs is 2. The molecule has 1 atom stereocenters. The van der Waals surface area contributed by atoms with Crippen molar-refractivity contribution in [2.24, 2.45) is 0 Å². The largest absolute Gasteiger partial charge is 0.355 e. The number of anilines is 2. The van der Waals surface area contributed by atoms with Crippen LogP contribution in [0.25, 0.3) is 0 Å². The third-order valence-electron chi connectivity index (χ3n) is 4.54. The van der Waals surface area contributed by atoms with Crippen molar-refractivity contribution in [3.8, 4) is 0 Å². The van der Waals surface area contributed by atoms with E-state index < -0.39 is 0 Å². The van der Waals surface area contributed by atoms with Gasteiger partial charge in [-0.1, -0.05) is 59.9 Å². The van der Waals surface area contributed by atoms with E-state index in [9.17, 15) is 0 Å². The van der Waals surface area contributed by atoms with Gasteiger partial charge in [-0.3, -0.25) is 0 Å². The van der Waals surface area contributed by atoms with Crippen LogP contribution >= 0.6 is 23.5 Å². The highest BCUT2D eigenvalue weighted by Crippen LogP contribution is 2.46. The molecule has 128 valence electrons. The van der Waals surface area contributed by atoms with Gasteiger partial charge >= 0.3 is 0 Å². The Kier molecular flexibility index (Phi) is 4.82. The molecule has 2 aliphatic heterocycles. The summed E-state index contributed by atoms with van der Waals surface area (Å²) >= 11 is 3.80. The molecule has 2 nitrogen and oxygen atoms in total. The molecule has 4 rings (SSSR count). The predicted octanol–water partition coefficient (Wildman–Crippen LogP) is 5.97. The van der Waals surface area contributed by atoms with Gasteiger partial charge in [0.2, 0.25) is 0 Å². The first-order valence-electron chi connectivity index (χ1n) is 8.77. The maximum absolute atomic E-state index is 2.46. The van der Waals surface area contributed by atoms with Gasteiger partial charge in [-0.25, -0.2) is 0 Å². The number of hydrogen-bond donors (Lipinski definition) is 0. The topological polar surface area (TPSA) is 6.48 Å². The lowest BCUT2D eigenvalue weighted by Gasteiger charge is -2.22. The molecular weight excluding hydrogens is 344 g/mol. The van der Waals surface area contributed by atoms with Gasteiger partial charge in [0.15, 0.2) is 0 Å². The van der Waals surface area contributed by atoms with Crippen molar-refractivity contribution < 1.29 is 0 Å². The van der Waals surface area contributed by atoms with Gasteiger partial charge in [0.1, 0.15) is 0 Å². The van der Waals surface area contributed by atoms with Gasteiger partial charge in [0, 0.05) is 22.9 Å². The Bertz CT molecular complexity index is 828. The quantitative estimate of drug-likeness (QED) is 0.657. The molecule has 1 unspecified atom stereocenters. The summed E-state index contributed by atoms with van der Waals surface area (Å²) in [7, 11) is 0. The molecule has 0 aromatic heterocycles. The van der Waals surface area contributed by atoms with Crippen LogP contribution in [0.3, 0.4) is 0 Å². The lowest BCUT2D eigenvalue weighted by atomic mass is 10.3. The highest BCUT2D eigenvalue weighted by Gasteiger charge is 2.26. The van der Waals surface area contributed by atoms with Crippen LogP contribution < -0.4 is 9.80 Å². The normalized spacial score (nSPS) is 20.6. The molecule has 0 saturated carbocycles. The fourth-order valence-corrected chi connectivity index (χ4v) is 5.78. The zero-order valence-electron chi connectivity index (χ0n) is 14.6. The zero-order valence-corrected chi connectivity index (χ0v) is 16.2. The van der Waals surface area contributed by atoms with Gasteiger partial charge in [0.05, 0.1) is 21.8 Å². The van der Waals surface area contributed by atoms with Crippen LogP contribution in [0.1, 0.15) is 13.8 Å². The third-order valence-corrected chi connectivity index (χ3v) is 6.92. The predicted molar refractivity (Wildman–Crippen MR) is 112 cm³/mol. The van der Waals surface area contributed by atoms with E-state index in [0.717, 1.165) is 13.1 Å². The van der Waals surface area contributed by atoms with E-state index in [4.69, 9.17) is 0 Å². The molecule has 0 fully saturated rings. The fourth-order valence-electron chi connectivity index (χ4n) is 3.35. The monoisotopic (exact) mass is 366 g/mol. The van der Waals surface area contributed by atoms with Crippen molar-refractivity contribution >= 4 is 34.9 Å². The van der Waals surface area contributed by atoms with Gasteiger partial charge < -0.3 is 9.80 Å². The van der Waals surface area contributed by atoms with Crippen LogP contribution in [0.15, 0.2) is 81.6 Å². The fraction of sp³-hybridized carbons (Fsp3) is 0.238. The first-order chi connectivity index (χ1) is 12.3. The molecular formula is C21H22N2S2. The molecule has 0 bridgehead atoms. The summed E-state index contributed by atoms with van der Waals surface area (Å²) < 4.78 is 0.